The maximum absolute atomic E-state index is 12.9. The van der Waals surface area contributed by atoms with Gasteiger partial charge in [-0.05, 0) is 48.4 Å². The number of aryl methyl sites for hydroxylation is 1. The molecule has 0 amide bonds. The van der Waals surface area contributed by atoms with E-state index < -0.39 is 0 Å². The lowest BCUT2D eigenvalue weighted by Gasteiger charge is -2.10. The Hall–Kier alpha value is -1.74. The van der Waals surface area contributed by atoms with Gasteiger partial charge in [-0.3, -0.25) is 0 Å². The lowest BCUT2D eigenvalue weighted by atomic mass is 10.1. The van der Waals surface area contributed by atoms with Gasteiger partial charge in [0.05, 0.1) is 5.02 Å². The summed E-state index contributed by atoms with van der Waals surface area (Å²) in [5, 5.41) is 12.8. The second kappa shape index (κ2) is 5.27. The normalized spacial score (nSPS) is 10.4. The van der Waals surface area contributed by atoms with Crippen molar-refractivity contribution in [2.45, 2.75) is 13.5 Å². The highest BCUT2D eigenvalue weighted by molar-refractivity contribution is 6.32. The van der Waals surface area contributed by atoms with E-state index in [1.807, 2.05) is 6.92 Å². The van der Waals surface area contributed by atoms with E-state index in [2.05, 4.69) is 5.32 Å². The smallest absolute Gasteiger partial charge is 0.134 e. The first-order chi connectivity index (χ1) is 8.56. The fourth-order valence-corrected chi connectivity index (χ4v) is 1.85. The zero-order valence-corrected chi connectivity index (χ0v) is 10.6. The monoisotopic (exact) mass is 265 g/mol. The van der Waals surface area contributed by atoms with E-state index in [4.69, 9.17) is 11.6 Å². The molecule has 0 saturated carbocycles. The molecule has 2 aromatic carbocycles. The second-order valence-electron chi connectivity index (χ2n) is 4.09. The van der Waals surface area contributed by atoms with E-state index in [9.17, 15) is 9.50 Å². The molecule has 2 rings (SSSR count). The Morgan fingerprint density at radius 3 is 2.67 bits per heavy atom. The molecule has 0 atom stereocenters. The van der Waals surface area contributed by atoms with Crippen LogP contribution >= 0.6 is 11.6 Å². The van der Waals surface area contributed by atoms with E-state index in [1.54, 1.807) is 18.2 Å². The van der Waals surface area contributed by atoms with E-state index >= 15 is 0 Å². The molecular weight excluding hydrogens is 253 g/mol. The van der Waals surface area contributed by atoms with Crippen molar-refractivity contribution < 1.29 is 9.50 Å². The number of anilines is 1. The van der Waals surface area contributed by atoms with E-state index in [0.29, 0.717) is 11.6 Å². The lowest BCUT2D eigenvalue weighted by Crippen LogP contribution is -2.01. The summed E-state index contributed by atoms with van der Waals surface area (Å²) in [6, 6.07) is 9.60. The molecule has 2 aromatic rings. The molecule has 0 radical (unpaired) electrons. The molecule has 0 spiro atoms. The van der Waals surface area contributed by atoms with Crippen molar-refractivity contribution in [3.8, 4) is 5.75 Å². The molecule has 0 aliphatic heterocycles. The van der Waals surface area contributed by atoms with Crippen molar-refractivity contribution in [3.05, 3.63) is 58.4 Å². The molecule has 0 aliphatic rings. The molecular formula is C14H13ClFNO. The summed E-state index contributed by atoms with van der Waals surface area (Å²) in [5.74, 6) is -0.177. The largest absolute Gasteiger partial charge is 0.506 e. The van der Waals surface area contributed by atoms with Gasteiger partial charge in [0, 0.05) is 12.2 Å². The Morgan fingerprint density at radius 2 is 2.00 bits per heavy atom. The molecule has 0 saturated heterocycles. The topological polar surface area (TPSA) is 32.3 Å². The van der Waals surface area contributed by atoms with Crippen LogP contribution < -0.4 is 5.32 Å². The van der Waals surface area contributed by atoms with Gasteiger partial charge >= 0.3 is 0 Å². The Bertz CT molecular complexity index is 572. The summed E-state index contributed by atoms with van der Waals surface area (Å²) in [7, 11) is 0. The summed E-state index contributed by atoms with van der Waals surface area (Å²) >= 11 is 5.81. The molecule has 94 valence electrons. The average molecular weight is 266 g/mol. The van der Waals surface area contributed by atoms with Crippen LogP contribution in [0.2, 0.25) is 5.02 Å². The molecule has 0 aliphatic carbocycles. The number of aromatic hydroxyl groups is 1. The molecule has 0 fully saturated rings. The van der Waals surface area contributed by atoms with Crippen molar-refractivity contribution in [1.82, 2.24) is 0 Å². The molecule has 0 bridgehead atoms. The number of nitrogens with one attached hydrogen (secondary N) is 1. The van der Waals surface area contributed by atoms with E-state index in [-0.39, 0.29) is 11.6 Å². The number of phenols is 1. The van der Waals surface area contributed by atoms with Crippen molar-refractivity contribution >= 4 is 17.3 Å². The van der Waals surface area contributed by atoms with Crippen LogP contribution in [-0.4, -0.2) is 5.11 Å². The van der Waals surface area contributed by atoms with Gasteiger partial charge in [0.15, 0.2) is 0 Å². The first kappa shape index (κ1) is 12.7. The van der Waals surface area contributed by atoms with Gasteiger partial charge in [0.1, 0.15) is 11.6 Å². The summed E-state index contributed by atoms with van der Waals surface area (Å²) in [6.07, 6.45) is 0. The van der Waals surface area contributed by atoms with Gasteiger partial charge < -0.3 is 10.4 Å². The van der Waals surface area contributed by atoms with E-state index in [1.165, 1.54) is 18.2 Å². The van der Waals surface area contributed by atoms with Crippen molar-refractivity contribution in [1.29, 1.82) is 0 Å². The zero-order chi connectivity index (χ0) is 13.1. The van der Waals surface area contributed by atoms with Crippen molar-refractivity contribution in [2.24, 2.45) is 0 Å². The van der Waals surface area contributed by atoms with Crippen LogP contribution in [0.25, 0.3) is 0 Å². The third kappa shape index (κ3) is 2.93. The first-order valence-corrected chi connectivity index (χ1v) is 5.91. The van der Waals surface area contributed by atoms with Crippen LogP contribution in [-0.2, 0) is 6.54 Å². The van der Waals surface area contributed by atoms with Gasteiger partial charge in [-0.2, -0.15) is 0 Å². The predicted molar refractivity (Wildman–Crippen MR) is 71.6 cm³/mol. The van der Waals surface area contributed by atoms with Crippen LogP contribution in [0, 0.1) is 12.7 Å². The van der Waals surface area contributed by atoms with Crippen LogP contribution in [0.15, 0.2) is 36.4 Å². The Morgan fingerprint density at radius 1 is 1.22 bits per heavy atom. The molecule has 4 heteroatoms. The average Bonchev–Trinajstić information content (AvgIpc) is 2.32. The SMILES string of the molecule is Cc1cc(F)ccc1CNc1ccc(O)c(Cl)c1. The summed E-state index contributed by atoms with van der Waals surface area (Å²) in [6.45, 7) is 2.44. The number of phenolic OH excluding ortho intramolecular Hbond substituents is 1. The zero-order valence-electron chi connectivity index (χ0n) is 9.87. The lowest BCUT2D eigenvalue weighted by molar-refractivity contribution is 0.475. The van der Waals surface area contributed by atoms with Gasteiger partial charge in [0.2, 0.25) is 0 Å². The van der Waals surface area contributed by atoms with Crippen molar-refractivity contribution in [2.75, 3.05) is 5.32 Å². The third-order valence-corrected chi connectivity index (χ3v) is 3.04. The van der Waals surface area contributed by atoms with Crippen LogP contribution in [0.5, 0.6) is 5.75 Å². The minimum atomic E-state index is -0.232. The Kier molecular flexibility index (Phi) is 3.72. The Labute approximate surface area is 110 Å². The highest BCUT2D eigenvalue weighted by Gasteiger charge is 2.02. The van der Waals surface area contributed by atoms with Crippen LogP contribution in [0.1, 0.15) is 11.1 Å². The minimum absolute atomic E-state index is 0.0557. The number of hydrogen-bond donors (Lipinski definition) is 2. The molecule has 0 heterocycles. The van der Waals surface area contributed by atoms with Crippen LogP contribution in [0.3, 0.4) is 0 Å². The standard InChI is InChI=1S/C14H13ClFNO/c1-9-6-11(16)3-2-10(9)8-17-12-4-5-14(18)13(15)7-12/h2-7,17-18H,8H2,1H3. The molecule has 18 heavy (non-hydrogen) atoms. The minimum Gasteiger partial charge on any atom is -0.506 e. The number of halogens is 2. The first-order valence-electron chi connectivity index (χ1n) is 5.53. The molecule has 2 N–H and O–H groups in total. The fraction of sp³-hybridized carbons (Fsp3) is 0.143. The second-order valence-corrected chi connectivity index (χ2v) is 4.50. The highest BCUT2D eigenvalue weighted by atomic mass is 35.5. The number of benzene rings is 2. The van der Waals surface area contributed by atoms with Crippen molar-refractivity contribution in [3.63, 3.8) is 0 Å². The number of rotatable bonds is 3. The van der Waals surface area contributed by atoms with Gasteiger partial charge in [-0.15, -0.1) is 0 Å². The Balaban J connectivity index is 2.09. The molecule has 2 nitrogen and oxygen atoms in total. The maximum atomic E-state index is 12.9. The predicted octanol–water partition coefficient (Wildman–Crippen LogP) is 4.11. The van der Waals surface area contributed by atoms with Gasteiger partial charge in [-0.25, -0.2) is 4.39 Å². The van der Waals surface area contributed by atoms with Gasteiger partial charge in [0.25, 0.3) is 0 Å². The summed E-state index contributed by atoms with van der Waals surface area (Å²) < 4.78 is 12.9. The van der Waals surface area contributed by atoms with Gasteiger partial charge in [-0.1, -0.05) is 17.7 Å². The maximum Gasteiger partial charge on any atom is 0.134 e. The quantitative estimate of drug-likeness (QED) is 0.819. The highest BCUT2D eigenvalue weighted by Crippen LogP contribution is 2.26. The summed E-state index contributed by atoms with van der Waals surface area (Å²) in [5.41, 5.74) is 2.72. The molecule has 0 aromatic heterocycles. The summed E-state index contributed by atoms with van der Waals surface area (Å²) in [4.78, 5) is 0. The third-order valence-electron chi connectivity index (χ3n) is 2.74. The number of hydrogen-bond acceptors (Lipinski definition) is 2. The van der Waals surface area contributed by atoms with E-state index in [0.717, 1.165) is 16.8 Å². The molecule has 0 unspecified atom stereocenters. The van der Waals surface area contributed by atoms with Crippen LogP contribution in [0.4, 0.5) is 10.1 Å². The fourth-order valence-electron chi connectivity index (χ4n) is 1.67.